The standard InChI is InChI=1S/C27H20O4S2/c1-31-23-15-24(32-26-18-8-4-2-6-16(18)10-12-20(26)28)22(30)14-25(23)33-27-19-9-5-3-7-17(19)11-13-21(27)29/h2-15,28-30H,1H3. The average molecular weight is 473 g/mol. The molecule has 0 amide bonds. The molecule has 33 heavy (non-hydrogen) atoms. The van der Waals surface area contributed by atoms with E-state index in [1.165, 1.54) is 23.5 Å². The second kappa shape index (κ2) is 8.81. The number of benzene rings is 5. The third-order valence-corrected chi connectivity index (χ3v) is 7.74. The van der Waals surface area contributed by atoms with Crippen molar-refractivity contribution in [1.82, 2.24) is 0 Å². The molecule has 0 unspecified atom stereocenters. The molecule has 0 bridgehead atoms. The van der Waals surface area contributed by atoms with Gasteiger partial charge in [0.1, 0.15) is 23.0 Å². The Bertz CT molecular complexity index is 1500. The molecule has 5 rings (SSSR count). The highest BCUT2D eigenvalue weighted by Crippen LogP contribution is 2.49. The highest BCUT2D eigenvalue weighted by Gasteiger charge is 2.18. The van der Waals surface area contributed by atoms with Crippen LogP contribution in [0.15, 0.2) is 105 Å². The number of hydrogen-bond acceptors (Lipinski definition) is 6. The summed E-state index contributed by atoms with van der Waals surface area (Å²) in [5, 5.41) is 35.7. The molecule has 0 radical (unpaired) electrons. The van der Waals surface area contributed by atoms with Crippen LogP contribution >= 0.6 is 23.5 Å². The summed E-state index contributed by atoms with van der Waals surface area (Å²) in [4.78, 5) is 2.59. The zero-order chi connectivity index (χ0) is 22.9. The van der Waals surface area contributed by atoms with E-state index in [0.717, 1.165) is 21.5 Å². The Balaban J connectivity index is 1.56. The van der Waals surface area contributed by atoms with Gasteiger partial charge in [-0.1, -0.05) is 84.2 Å². The van der Waals surface area contributed by atoms with Crippen molar-refractivity contribution in [2.75, 3.05) is 7.11 Å². The van der Waals surface area contributed by atoms with E-state index in [2.05, 4.69) is 0 Å². The fourth-order valence-corrected chi connectivity index (χ4v) is 5.87. The summed E-state index contributed by atoms with van der Waals surface area (Å²) in [6.07, 6.45) is 0. The normalized spacial score (nSPS) is 11.2. The molecule has 0 aliphatic carbocycles. The molecule has 5 aromatic rings. The number of hydrogen-bond donors (Lipinski definition) is 3. The lowest BCUT2D eigenvalue weighted by Crippen LogP contribution is -1.89. The van der Waals surface area contributed by atoms with Gasteiger partial charge in [0.15, 0.2) is 0 Å². The van der Waals surface area contributed by atoms with Gasteiger partial charge in [0.25, 0.3) is 0 Å². The number of methoxy groups -OCH3 is 1. The van der Waals surface area contributed by atoms with Crippen molar-refractivity contribution in [3.63, 3.8) is 0 Å². The highest BCUT2D eigenvalue weighted by molar-refractivity contribution is 8.00. The molecule has 164 valence electrons. The van der Waals surface area contributed by atoms with Crippen LogP contribution in [0.3, 0.4) is 0 Å². The van der Waals surface area contributed by atoms with Gasteiger partial charge in [0, 0.05) is 0 Å². The maximum Gasteiger partial charge on any atom is 0.134 e. The van der Waals surface area contributed by atoms with Crippen molar-refractivity contribution >= 4 is 45.1 Å². The van der Waals surface area contributed by atoms with Crippen LogP contribution in [0.4, 0.5) is 0 Å². The molecule has 0 heterocycles. The van der Waals surface area contributed by atoms with Crippen molar-refractivity contribution < 1.29 is 20.1 Å². The fraction of sp³-hybridized carbons (Fsp3) is 0.0370. The number of fused-ring (bicyclic) bond motifs is 2. The Hall–Kier alpha value is -3.48. The lowest BCUT2D eigenvalue weighted by molar-refractivity contribution is 0.398. The molecule has 6 heteroatoms. The van der Waals surface area contributed by atoms with Crippen molar-refractivity contribution in [1.29, 1.82) is 0 Å². The summed E-state index contributed by atoms with van der Waals surface area (Å²) in [5.74, 6) is 0.943. The van der Waals surface area contributed by atoms with E-state index in [9.17, 15) is 15.3 Å². The summed E-state index contributed by atoms with van der Waals surface area (Å²) in [6, 6.07) is 26.1. The van der Waals surface area contributed by atoms with Crippen LogP contribution < -0.4 is 4.74 Å². The molecule has 4 nitrogen and oxygen atoms in total. The van der Waals surface area contributed by atoms with Crippen molar-refractivity contribution in [2.24, 2.45) is 0 Å². The van der Waals surface area contributed by atoms with E-state index in [1.807, 2.05) is 60.7 Å². The van der Waals surface area contributed by atoms with Gasteiger partial charge in [-0.3, -0.25) is 0 Å². The lowest BCUT2D eigenvalue weighted by atomic mass is 10.1. The second-order valence-corrected chi connectivity index (χ2v) is 9.55. The van der Waals surface area contributed by atoms with Crippen LogP contribution in [-0.2, 0) is 0 Å². The summed E-state index contributed by atoms with van der Waals surface area (Å²) in [6.45, 7) is 0. The van der Waals surface area contributed by atoms with E-state index in [4.69, 9.17) is 4.74 Å². The monoisotopic (exact) mass is 472 g/mol. The molecule has 0 spiro atoms. The Morgan fingerprint density at radius 3 is 1.64 bits per heavy atom. The maximum absolute atomic E-state index is 10.9. The number of phenols is 3. The van der Waals surface area contributed by atoms with E-state index < -0.39 is 0 Å². The lowest BCUT2D eigenvalue weighted by Gasteiger charge is -2.15. The topological polar surface area (TPSA) is 69.9 Å². The van der Waals surface area contributed by atoms with Crippen molar-refractivity contribution in [3.8, 4) is 23.0 Å². The third kappa shape index (κ3) is 4.03. The van der Waals surface area contributed by atoms with E-state index in [-0.39, 0.29) is 17.2 Å². The minimum atomic E-state index is 0.0651. The number of ether oxygens (including phenoxy) is 1. The van der Waals surface area contributed by atoms with Gasteiger partial charge in [0.2, 0.25) is 0 Å². The first-order valence-electron chi connectivity index (χ1n) is 10.2. The highest BCUT2D eigenvalue weighted by atomic mass is 32.2. The summed E-state index contributed by atoms with van der Waals surface area (Å²) < 4.78 is 5.63. The second-order valence-electron chi connectivity index (χ2n) is 7.44. The average Bonchev–Trinajstić information content (AvgIpc) is 2.84. The zero-order valence-electron chi connectivity index (χ0n) is 17.6. The van der Waals surface area contributed by atoms with E-state index in [1.54, 1.807) is 31.4 Å². The Morgan fingerprint density at radius 1 is 0.576 bits per heavy atom. The van der Waals surface area contributed by atoms with Crippen LogP contribution in [0.25, 0.3) is 21.5 Å². The van der Waals surface area contributed by atoms with Gasteiger partial charge in [0.05, 0.1) is 26.7 Å². The molecule has 5 aromatic carbocycles. The molecule has 0 saturated carbocycles. The predicted octanol–water partition coefficient (Wildman–Crippen LogP) is 7.42. The molecule has 0 saturated heterocycles. The number of phenolic OH excluding ortho intramolecular Hbond substituents is 3. The van der Waals surface area contributed by atoms with Crippen LogP contribution in [0, 0.1) is 0 Å². The van der Waals surface area contributed by atoms with Crippen molar-refractivity contribution in [2.45, 2.75) is 19.6 Å². The fourth-order valence-electron chi connectivity index (χ4n) is 3.75. The molecule has 3 N–H and O–H groups in total. The minimum absolute atomic E-state index is 0.0651. The van der Waals surface area contributed by atoms with Crippen molar-refractivity contribution in [3.05, 3.63) is 84.9 Å². The SMILES string of the molecule is COc1cc(Sc2c(O)ccc3ccccc23)c(O)cc1Sc1c(O)ccc2ccccc12. The first-order chi connectivity index (χ1) is 16.0. The third-order valence-electron chi connectivity index (χ3n) is 5.39. The van der Waals surface area contributed by atoms with Gasteiger partial charge in [-0.2, -0.15) is 0 Å². The van der Waals surface area contributed by atoms with Crippen LogP contribution in [0.5, 0.6) is 23.0 Å². The molecular formula is C27H20O4S2. The smallest absolute Gasteiger partial charge is 0.134 e. The first kappa shape index (κ1) is 21.4. The van der Waals surface area contributed by atoms with Crippen LogP contribution in [0.1, 0.15) is 0 Å². The molecule has 0 atom stereocenters. The molecular weight excluding hydrogens is 452 g/mol. The molecule has 0 aliphatic heterocycles. The van der Waals surface area contributed by atoms with Crippen LogP contribution in [0.2, 0.25) is 0 Å². The summed E-state index contributed by atoms with van der Waals surface area (Å²) >= 11 is 2.62. The van der Waals surface area contributed by atoms with Gasteiger partial charge in [-0.25, -0.2) is 0 Å². The number of aromatic hydroxyl groups is 3. The predicted molar refractivity (Wildman–Crippen MR) is 134 cm³/mol. The Labute approximate surface area is 199 Å². The van der Waals surface area contributed by atoms with Crippen LogP contribution in [-0.4, -0.2) is 22.4 Å². The maximum atomic E-state index is 10.9. The Kier molecular flexibility index (Phi) is 5.70. The summed E-state index contributed by atoms with van der Waals surface area (Å²) in [5.41, 5.74) is 0. The Morgan fingerprint density at radius 2 is 1.09 bits per heavy atom. The minimum Gasteiger partial charge on any atom is -0.507 e. The van der Waals surface area contributed by atoms with Gasteiger partial charge in [-0.05, 0) is 45.8 Å². The van der Waals surface area contributed by atoms with Gasteiger partial charge < -0.3 is 20.1 Å². The first-order valence-corrected chi connectivity index (χ1v) is 11.9. The molecule has 0 fully saturated rings. The molecule has 0 aliphatic rings. The largest absolute Gasteiger partial charge is 0.507 e. The van der Waals surface area contributed by atoms with E-state index >= 15 is 0 Å². The number of rotatable bonds is 5. The van der Waals surface area contributed by atoms with Gasteiger partial charge >= 0.3 is 0 Å². The summed E-state index contributed by atoms with van der Waals surface area (Å²) in [7, 11) is 1.57. The quantitative estimate of drug-likeness (QED) is 0.247. The van der Waals surface area contributed by atoms with E-state index in [0.29, 0.717) is 25.3 Å². The zero-order valence-corrected chi connectivity index (χ0v) is 19.3. The molecule has 0 aromatic heterocycles. The van der Waals surface area contributed by atoms with Gasteiger partial charge in [-0.15, -0.1) is 0 Å².